The van der Waals surface area contributed by atoms with Crippen molar-refractivity contribution in [3.63, 3.8) is 0 Å². The summed E-state index contributed by atoms with van der Waals surface area (Å²) in [5.74, 6) is 1.12. The number of aromatic nitrogens is 1. The van der Waals surface area contributed by atoms with Crippen LogP contribution in [-0.4, -0.2) is 42.4 Å². The number of anilines is 1. The Hall–Kier alpha value is -3.19. The summed E-state index contributed by atoms with van der Waals surface area (Å²) >= 11 is 0. The quantitative estimate of drug-likeness (QED) is 0.203. The largest absolute Gasteiger partial charge is 0.504 e. The third-order valence-electron chi connectivity index (χ3n) is 5.71. The average molecular weight is 468 g/mol. The molecule has 1 aromatic carbocycles. The van der Waals surface area contributed by atoms with Crippen molar-refractivity contribution in [2.24, 2.45) is 5.92 Å². The number of pyridine rings is 1. The van der Waals surface area contributed by atoms with Crippen molar-refractivity contribution >= 4 is 23.5 Å². The van der Waals surface area contributed by atoms with Crippen molar-refractivity contribution in [3.8, 4) is 11.5 Å². The van der Waals surface area contributed by atoms with E-state index in [1.54, 1.807) is 30.5 Å². The van der Waals surface area contributed by atoms with E-state index in [9.17, 15) is 14.7 Å². The Bertz CT molecular complexity index is 971. The van der Waals surface area contributed by atoms with Gasteiger partial charge in [-0.15, -0.1) is 0 Å². The van der Waals surface area contributed by atoms with Gasteiger partial charge in [-0.3, -0.25) is 9.59 Å². The van der Waals surface area contributed by atoms with Gasteiger partial charge in [0, 0.05) is 12.6 Å². The number of nitrogens with two attached hydrogens (primary N) is 1. The number of methoxy groups -OCH3 is 1. The maximum Gasteiger partial charge on any atom is 0.163 e. The van der Waals surface area contributed by atoms with E-state index in [0.29, 0.717) is 30.3 Å². The number of carbonyl (C=O) groups is 2. The fourth-order valence-electron chi connectivity index (χ4n) is 3.83. The van der Waals surface area contributed by atoms with Crippen LogP contribution in [0.2, 0.25) is 0 Å². The highest BCUT2D eigenvalue weighted by Gasteiger charge is 2.11. The molecular weight excluding hydrogens is 430 g/mol. The van der Waals surface area contributed by atoms with Crippen LogP contribution in [0.15, 0.2) is 36.5 Å². The van der Waals surface area contributed by atoms with Gasteiger partial charge in [-0.25, -0.2) is 4.98 Å². The first-order valence-electron chi connectivity index (χ1n) is 11.8. The van der Waals surface area contributed by atoms with Crippen molar-refractivity contribution in [2.75, 3.05) is 26.4 Å². The van der Waals surface area contributed by atoms with E-state index in [2.05, 4.69) is 17.2 Å². The van der Waals surface area contributed by atoms with Crippen molar-refractivity contribution < 1.29 is 19.4 Å². The Morgan fingerprint density at radius 3 is 2.71 bits per heavy atom. The fourth-order valence-corrected chi connectivity index (χ4v) is 3.83. The topological polar surface area (TPSA) is 115 Å². The highest BCUT2D eigenvalue weighted by Crippen LogP contribution is 2.31. The van der Waals surface area contributed by atoms with Crippen molar-refractivity contribution in [1.29, 1.82) is 0 Å². The molecule has 0 amide bonds. The van der Waals surface area contributed by atoms with E-state index >= 15 is 0 Å². The maximum atomic E-state index is 12.4. The molecule has 7 nitrogen and oxygen atoms in total. The number of aromatic hydroxyl groups is 1. The Balaban J connectivity index is 1.94. The maximum absolute atomic E-state index is 12.4. The van der Waals surface area contributed by atoms with Gasteiger partial charge in [0.2, 0.25) is 0 Å². The molecule has 1 heterocycles. The zero-order chi connectivity index (χ0) is 24.9. The molecule has 184 valence electrons. The van der Waals surface area contributed by atoms with Gasteiger partial charge in [0.1, 0.15) is 11.6 Å². The summed E-state index contributed by atoms with van der Waals surface area (Å²) < 4.78 is 5.21. The minimum atomic E-state index is -0.236. The van der Waals surface area contributed by atoms with E-state index in [4.69, 9.17) is 10.5 Å². The number of hydrogen-bond donors (Lipinski definition) is 3. The number of rotatable bonds is 15. The first-order valence-corrected chi connectivity index (χ1v) is 11.8. The molecule has 1 atom stereocenters. The number of ether oxygens (including phenoxy) is 1. The van der Waals surface area contributed by atoms with Crippen molar-refractivity contribution in [2.45, 2.75) is 51.9 Å². The lowest BCUT2D eigenvalue weighted by Crippen LogP contribution is -2.15. The number of hydrogen-bond acceptors (Lipinski definition) is 7. The molecule has 0 radical (unpaired) electrons. The van der Waals surface area contributed by atoms with E-state index in [1.807, 2.05) is 13.1 Å². The second-order valence-corrected chi connectivity index (χ2v) is 8.77. The van der Waals surface area contributed by atoms with Crippen LogP contribution in [0.4, 0.5) is 5.82 Å². The van der Waals surface area contributed by atoms with Crippen LogP contribution in [0.5, 0.6) is 11.5 Å². The summed E-state index contributed by atoms with van der Waals surface area (Å²) in [4.78, 5) is 28.7. The molecule has 2 rings (SSSR count). The van der Waals surface area contributed by atoms with Gasteiger partial charge in [0.25, 0.3) is 0 Å². The molecule has 34 heavy (non-hydrogen) atoms. The van der Waals surface area contributed by atoms with Gasteiger partial charge < -0.3 is 20.9 Å². The van der Waals surface area contributed by atoms with E-state index in [0.717, 1.165) is 48.9 Å². The van der Waals surface area contributed by atoms with Gasteiger partial charge in [0.05, 0.1) is 13.5 Å². The predicted molar refractivity (Wildman–Crippen MR) is 136 cm³/mol. The Morgan fingerprint density at radius 2 is 2.03 bits per heavy atom. The molecule has 0 aliphatic carbocycles. The molecule has 0 spiro atoms. The minimum Gasteiger partial charge on any atom is -0.504 e. The smallest absolute Gasteiger partial charge is 0.163 e. The van der Waals surface area contributed by atoms with Crippen LogP contribution in [0.1, 0.15) is 62.1 Å². The molecule has 4 N–H and O–H groups in total. The van der Waals surface area contributed by atoms with Gasteiger partial charge in [-0.2, -0.15) is 0 Å². The van der Waals surface area contributed by atoms with Crippen LogP contribution in [0.3, 0.4) is 0 Å². The molecule has 0 aliphatic heterocycles. The number of phenols is 1. The number of phenolic OH excluding ortho intramolecular Hbond substituents is 1. The summed E-state index contributed by atoms with van der Waals surface area (Å²) in [7, 11) is 3.42. The lowest BCUT2D eigenvalue weighted by atomic mass is 9.98. The number of benzene rings is 1. The van der Waals surface area contributed by atoms with Gasteiger partial charge in [0.15, 0.2) is 17.3 Å². The summed E-state index contributed by atoms with van der Waals surface area (Å²) in [5, 5.41) is 13.4. The zero-order valence-corrected chi connectivity index (χ0v) is 20.5. The number of nitrogen functional groups attached to an aromatic ring is 1. The number of Topliss-reactive ketones (excluding diaryl/α,β-unsaturated/α-hetero) is 1. The Labute approximate surface area is 202 Å². The van der Waals surface area contributed by atoms with Crippen LogP contribution in [-0.2, 0) is 16.0 Å². The number of nitrogens with zero attached hydrogens (tertiary/aromatic N) is 1. The third kappa shape index (κ3) is 9.35. The Morgan fingerprint density at radius 1 is 1.24 bits per heavy atom. The minimum absolute atomic E-state index is 0.0138. The summed E-state index contributed by atoms with van der Waals surface area (Å²) in [6.45, 7) is 3.22. The highest BCUT2D eigenvalue weighted by molar-refractivity contribution is 6.06. The number of unbranched alkanes of at least 4 members (excludes halogenated alkanes) is 2. The van der Waals surface area contributed by atoms with Gasteiger partial charge in [-0.1, -0.05) is 31.9 Å². The van der Waals surface area contributed by atoms with E-state index in [-0.39, 0.29) is 23.7 Å². The number of ketones is 2. The van der Waals surface area contributed by atoms with E-state index < -0.39 is 0 Å². The normalized spacial score (nSPS) is 12.1. The van der Waals surface area contributed by atoms with Crippen LogP contribution in [0, 0.1) is 5.92 Å². The van der Waals surface area contributed by atoms with Crippen molar-refractivity contribution in [3.05, 3.63) is 53.2 Å². The molecule has 7 heteroatoms. The number of allylic oxidation sites excluding steroid dienone is 1. The van der Waals surface area contributed by atoms with E-state index in [1.165, 1.54) is 13.2 Å². The second-order valence-electron chi connectivity index (χ2n) is 8.77. The third-order valence-corrected chi connectivity index (χ3v) is 5.71. The van der Waals surface area contributed by atoms with Gasteiger partial charge in [-0.05, 0) is 79.7 Å². The highest BCUT2D eigenvalue weighted by atomic mass is 16.5. The number of carbonyl (C=O) groups excluding carboxylic acids is 2. The van der Waals surface area contributed by atoms with Crippen LogP contribution in [0.25, 0.3) is 6.08 Å². The van der Waals surface area contributed by atoms with Gasteiger partial charge >= 0.3 is 0 Å². The van der Waals surface area contributed by atoms with Crippen molar-refractivity contribution in [1.82, 2.24) is 10.3 Å². The van der Waals surface area contributed by atoms with Crippen LogP contribution < -0.4 is 15.8 Å². The molecule has 1 aromatic heterocycles. The fraction of sp³-hybridized carbons (Fsp3) is 0.444. The first-order chi connectivity index (χ1) is 16.3. The molecule has 0 fully saturated rings. The first kappa shape index (κ1) is 27.1. The predicted octanol–water partition coefficient (Wildman–Crippen LogP) is 4.32. The summed E-state index contributed by atoms with van der Waals surface area (Å²) in [5.41, 5.74) is 8.09. The molecular formula is C27H37N3O4. The standard InChI is InChI=1S/C27H37N3O4/c1-19(17-29-2)7-5-4-6-8-23(31)16-24(32)11-10-21-15-26(34-3)25(33)14-22(21)13-20-9-12-27(28)30-18-20/h9-12,14-15,18-19,29,33H,4-8,13,16-17H2,1-3H3,(H2,28,30)/b11-10+/t19-/m1/s1. The molecule has 0 saturated heterocycles. The monoisotopic (exact) mass is 467 g/mol. The summed E-state index contributed by atoms with van der Waals surface area (Å²) in [6, 6.07) is 6.87. The summed E-state index contributed by atoms with van der Waals surface area (Å²) in [6.07, 6.45) is 9.65. The molecule has 0 aliphatic rings. The molecule has 0 unspecified atom stereocenters. The average Bonchev–Trinajstić information content (AvgIpc) is 2.80. The molecule has 0 bridgehead atoms. The number of nitrogens with one attached hydrogen (secondary N) is 1. The SMILES string of the molecule is CNC[C@H](C)CCCCCC(=O)CC(=O)/C=C/c1cc(OC)c(O)cc1Cc1ccc(N)nc1. The molecule has 2 aromatic rings. The lowest BCUT2D eigenvalue weighted by molar-refractivity contribution is -0.124. The second kappa shape index (κ2) is 14.2. The lowest BCUT2D eigenvalue weighted by Gasteiger charge is -2.11. The molecule has 0 saturated carbocycles. The van der Waals surface area contributed by atoms with Crippen LogP contribution >= 0.6 is 0 Å². The zero-order valence-electron chi connectivity index (χ0n) is 20.5. The Kier molecular flexibility index (Phi) is 11.3.